The van der Waals surface area contributed by atoms with Crippen LogP contribution in [0.15, 0.2) is 29.4 Å². The lowest BCUT2D eigenvalue weighted by atomic mass is 10.00. The van der Waals surface area contributed by atoms with Gasteiger partial charge in [-0.3, -0.25) is 4.99 Å². The summed E-state index contributed by atoms with van der Waals surface area (Å²) in [5, 5.41) is 1.30. The molecule has 2 heterocycles. The standard InChI is InChI=1S/C18H26N4.HI/c1-13-6-9-22(10-7-13)18(19)20-8-5-15-12-21-17-11-14(2)3-4-16(15)17;/h3-4,11-13,21H,5-10H2,1-2H3,(H2,19,20);1H. The highest BCUT2D eigenvalue weighted by molar-refractivity contribution is 14.0. The number of aromatic nitrogens is 1. The number of aliphatic imine (C=N–C) groups is 1. The predicted molar refractivity (Wildman–Crippen MR) is 109 cm³/mol. The maximum atomic E-state index is 6.13. The molecule has 5 heteroatoms. The second-order valence-corrected chi connectivity index (χ2v) is 6.52. The minimum Gasteiger partial charge on any atom is -0.370 e. The van der Waals surface area contributed by atoms with Crippen LogP contribution in [0.5, 0.6) is 0 Å². The van der Waals surface area contributed by atoms with Crippen LogP contribution in [0.2, 0.25) is 0 Å². The monoisotopic (exact) mass is 426 g/mol. The Morgan fingerprint density at radius 1 is 1.35 bits per heavy atom. The number of nitrogens with one attached hydrogen (secondary N) is 1. The number of guanidine groups is 1. The number of rotatable bonds is 3. The van der Waals surface area contributed by atoms with Gasteiger partial charge in [-0.2, -0.15) is 0 Å². The van der Waals surface area contributed by atoms with Gasteiger partial charge in [-0.05, 0) is 49.3 Å². The lowest BCUT2D eigenvalue weighted by Crippen LogP contribution is -2.42. The van der Waals surface area contributed by atoms with Crippen LogP contribution in [0.3, 0.4) is 0 Å². The van der Waals surface area contributed by atoms with Crippen LogP contribution >= 0.6 is 24.0 Å². The van der Waals surface area contributed by atoms with E-state index in [0.717, 1.165) is 32.0 Å². The number of aromatic amines is 1. The molecule has 0 unspecified atom stereocenters. The van der Waals surface area contributed by atoms with Gasteiger partial charge in [0, 0.05) is 36.7 Å². The molecular formula is C18H27IN4. The Bertz CT molecular complexity index is 669. The van der Waals surface area contributed by atoms with Crippen molar-refractivity contribution in [1.29, 1.82) is 0 Å². The highest BCUT2D eigenvalue weighted by Gasteiger charge is 2.16. The number of benzene rings is 1. The molecule has 2 aromatic rings. The van der Waals surface area contributed by atoms with Gasteiger partial charge in [-0.25, -0.2) is 0 Å². The fourth-order valence-electron chi connectivity index (χ4n) is 3.14. The third-order valence-electron chi connectivity index (χ3n) is 4.69. The molecule has 4 nitrogen and oxygen atoms in total. The second-order valence-electron chi connectivity index (χ2n) is 6.52. The van der Waals surface area contributed by atoms with Gasteiger partial charge < -0.3 is 15.6 Å². The topological polar surface area (TPSA) is 57.4 Å². The van der Waals surface area contributed by atoms with Crippen molar-refractivity contribution in [3.05, 3.63) is 35.5 Å². The first kappa shape index (κ1) is 18.1. The van der Waals surface area contributed by atoms with E-state index in [2.05, 4.69) is 53.1 Å². The number of piperidine rings is 1. The summed E-state index contributed by atoms with van der Waals surface area (Å²) in [5.41, 5.74) is 9.94. The van der Waals surface area contributed by atoms with E-state index in [1.807, 2.05) is 0 Å². The highest BCUT2D eigenvalue weighted by atomic mass is 127. The number of aryl methyl sites for hydroxylation is 1. The summed E-state index contributed by atoms with van der Waals surface area (Å²) < 4.78 is 0. The molecule has 1 aromatic carbocycles. The molecule has 3 rings (SSSR count). The highest BCUT2D eigenvalue weighted by Crippen LogP contribution is 2.20. The van der Waals surface area contributed by atoms with Crippen LogP contribution in [0, 0.1) is 12.8 Å². The number of likely N-dealkylation sites (tertiary alicyclic amines) is 1. The molecule has 1 saturated heterocycles. The van der Waals surface area contributed by atoms with Gasteiger partial charge in [0.2, 0.25) is 0 Å². The number of hydrogen-bond donors (Lipinski definition) is 2. The molecule has 0 amide bonds. The van der Waals surface area contributed by atoms with Crippen LogP contribution in [0.1, 0.15) is 30.9 Å². The van der Waals surface area contributed by atoms with Crippen molar-refractivity contribution in [3.8, 4) is 0 Å². The van der Waals surface area contributed by atoms with Gasteiger partial charge in [0.05, 0.1) is 0 Å². The summed E-state index contributed by atoms with van der Waals surface area (Å²) in [6, 6.07) is 6.53. The summed E-state index contributed by atoms with van der Waals surface area (Å²) in [7, 11) is 0. The van der Waals surface area contributed by atoms with Gasteiger partial charge >= 0.3 is 0 Å². The number of nitrogens with two attached hydrogens (primary N) is 1. The van der Waals surface area contributed by atoms with Gasteiger partial charge in [-0.1, -0.05) is 19.1 Å². The quantitative estimate of drug-likeness (QED) is 0.447. The zero-order valence-corrected chi connectivity index (χ0v) is 16.3. The Morgan fingerprint density at radius 3 is 2.83 bits per heavy atom. The van der Waals surface area contributed by atoms with E-state index in [4.69, 9.17) is 5.73 Å². The Morgan fingerprint density at radius 2 is 2.09 bits per heavy atom. The first-order chi connectivity index (χ1) is 10.6. The molecule has 0 saturated carbocycles. The van der Waals surface area contributed by atoms with Crippen molar-refractivity contribution in [3.63, 3.8) is 0 Å². The van der Waals surface area contributed by atoms with Gasteiger partial charge in [-0.15, -0.1) is 24.0 Å². The molecule has 23 heavy (non-hydrogen) atoms. The SMILES string of the molecule is Cc1ccc2c(CCN=C(N)N3CCC(C)CC3)c[nH]c2c1.I. The molecule has 0 bridgehead atoms. The minimum atomic E-state index is 0. The van der Waals surface area contributed by atoms with E-state index < -0.39 is 0 Å². The maximum Gasteiger partial charge on any atom is 0.191 e. The van der Waals surface area contributed by atoms with Crippen LogP contribution < -0.4 is 5.73 Å². The number of fused-ring (bicyclic) bond motifs is 1. The third-order valence-corrected chi connectivity index (χ3v) is 4.69. The Balaban J connectivity index is 0.00000192. The van der Waals surface area contributed by atoms with Gasteiger partial charge in [0.15, 0.2) is 5.96 Å². The molecule has 1 aliphatic heterocycles. The van der Waals surface area contributed by atoms with Crippen LogP contribution in [-0.4, -0.2) is 35.5 Å². The predicted octanol–water partition coefficient (Wildman–Crippen LogP) is 3.68. The van der Waals surface area contributed by atoms with E-state index in [-0.39, 0.29) is 24.0 Å². The number of hydrogen-bond acceptors (Lipinski definition) is 1. The molecule has 1 fully saturated rings. The summed E-state index contributed by atoms with van der Waals surface area (Å²) in [4.78, 5) is 10.1. The zero-order chi connectivity index (χ0) is 15.5. The fraction of sp³-hybridized carbons (Fsp3) is 0.500. The van der Waals surface area contributed by atoms with Crippen molar-refractivity contribution >= 4 is 40.8 Å². The number of halogens is 1. The molecule has 126 valence electrons. The summed E-state index contributed by atoms with van der Waals surface area (Å²) in [6.07, 6.45) is 5.46. The Hall–Kier alpha value is -1.24. The molecule has 3 N–H and O–H groups in total. The molecule has 0 spiro atoms. The molecular weight excluding hydrogens is 399 g/mol. The van der Waals surface area contributed by atoms with E-state index in [1.165, 1.54) is 34.9 Å². The van der Waals surface area contributed by atoms with E-state index >= 15 is 0 Å². The fourth-order valence-corrected chi connectivity index (χ4v) is 3.14. The zero-order valence-electron chi connectivity index (χ0n) is 14.0. The third kappa shape index (κ3) is 4.40. The maximum absolute atomic E-state index is 6.13. The smallest absolute Gasteiger partial charge is 0.191 e. The minimum absolute atomic E-state index is 0. The molecule has 1 aromatic heterocycles. The number of H-pyrrole nitrogens is 1. The molecule has 1 aliphatic rings. The van der Waals surface area contributed by atoms with Crippen LogP contribution in [0.25, 0.3) is 10.9 Å². The molecule has 0 atom stereocenters. The first-order valence-electron chi connectivity index (χ1n) is 8.25. The van der Waals surface area contributed by atoms with Crippen molar-refractivity contribution in [1.82, 2.24) is 9.88 Å². The lowest BCUT2D eigenvalue weighted by molar-refractivity contribution is 0.277. The summed E-state index contributed by atoms with van der Waals surface area (Å²) >= 11 is 0. The van der Waals surface area contributed by atoms with Gasteiger partial charge in [0.1, 0.15) is 0 Å². The van der Waals surface area contributed by atoms with E-state index in [0.29, 0.717) is 5.96 Å². The Kier molecular flexibility index (Phi) is 6.33. The average molecular weight is 426 g/mol. The van der Waals surface area contributed by atoms with Crippen molar-refractivity contribution in [2.75, 3.05) is 19.6 Å². The average Bonchev–Trinajstić information content (AvgIpc) is 2.90. The van der Waals surface area contributed by atoms with Crippen molar-refractivity contribution in [2.45, 2.75) is 33.1 Å². The Labute approximate surface area is 155 Å². The van der Waals surface area contributed by atoms with E-state index in [1.54, 1.807) is 0 Å². The largest absolute Gasteiger partial charge is 0.370 e. The summed E-state index contributed by atoms with van der Waals surface area (Å²) in [6.45, 7) is 7.26. The normalized spacial score (nSPS) is 16.6. The lowest BCUT2D eigenvalue weighted by Gasteiger charge is -2.31. The van der Waals surface area contributed by atoms with Crippen molar-refractivity contribution in [2.24, 2.45) is 16.6 Å². The van der Waals surface area contributed by atoms with Crippen LogP contribution in [0.4, 0.5) is 0 Å². The van der Waals surface area contributed by atoms with Crippen molar-refractivity contribution < 1.29 is 0 Å². The molecule has 0 radical (unpaired) electrons. The van der Waals surface area contributed by atoms with Gasteiger partial charge in [0.25, 0.3) is 0 Å². The molecule has 0 aliphatic carbocycles. The second kappa shape index (κ2) is 8.04. The summed E-state index contributed by atoms with van der Waals surface area (Å²) in [5.74, 6) is 1.53. The van der Waals surface area contributed by atoms with E-state index in [9.17, 15) is 0 Å². The number of nitrogens with zero attached hydrogens (tertiary/aromatic N) is 2. The first-order valence-corrected chi connectivity index (χ1v) is 8.25. The van der Waals surface area contributed by atoms with Crippen LogP contribution in [-0.2, 0) is 6.42 Å².